The third kappa shape index (κ3) is 3.04. The number of thiazole rings is 1. The van der Waals surface area contributed by atoms with Crippen molar-refractivity contribution in [1.82, 2.24) is 15.0 Å². The third-order valence-corrected chi connectivity index (χ3v) is 5.00. The number of thiophene rings is 1. The Bertz CT molecular complexity index is 996. The van der Waals surface area contributed by atoms with Crippen LogP contribution in [-0.2, 0) is 11.3 Å². The highest BCUT2D eigenvalue weighted by atomic mass is 32.1. The minimum Gasteiger partial charge on any atom is -0.456 e. The predicted octanol–water partition coefficient (Wildman–Crippen LogP) is 4.17. The number of hydrogen-bond donors (Lipinski definition) is 0. The van der Waals surface area contributed by atoms with E-state index < -0.39 is 5.97 Å². The molecule has 7 heteroatoms. The summed E-state index contributed by atoms with van der Waals surface area (Å²) in [6, 6.07) is 7.16. The molecular formula is C17H11N3O2S2. The van der Waals surface area contributed by atoms with Crippen molar-refractivity contribution in [3.63, 3.8) is 0 Å². The van der Waals surface area contributed by atoms with E-state index in [1.165, 1.54) is 0 Å². The molecule has 5 nitrogen and oxygen atoms in total. The van der Waals surface area contributed by atoms with Crippen LogP contribution in [0.25, 0.3) is 21.6 Å². The number of carbonyl (C=O) groups excluding carboxylic acids is 1. The van der Waals surface area contributed by atoms with E-state index in [1.54, 1.807) is 53.3 Å². The maximum Gasteiger partial charge on any atom is 0.338 e. The molecule has 4 rings (SSSR count). The van der Waals surface area contributed by atoms with Gasteiger partial charge in [0.25, 0.3) is 0 Å². The summed E-state index contributed by atoms with van der Waals surface area (Å²) in [5.41, 5.74) is 3.71. The first-order valence-electron chi connectivity index (χ1n) is 7.14. The summed E-state index contributed by atoms with van der Waals surface area (Å²) < 4.78 is 5.35. The molecule has 0 unspecified atom stereocenters. The van der Waals surface area contributed by atoms with Crippen LogP contribution in [0.1, 0.15) is 16.1 Å². The van der Waals surface area contributed by atoms with E-state index in [0.29, 0.717) is 11.1 Å². The smallest absolute Gasteiger partial charge is 0.338 e. The van der Waals surface area contributed by atoms with Crippen LogP contribution in [0.3, 0.4) is 0 Å². The van der Waals surface area contributed by atoms with Gasteiger partial charge in [0.15, 0.2) is 0 Å². The molecule has 0 fully saturated rings. The Morgan fingerprint density at radius 2 is 1.96 bits per heavy atom. The molecule has 0 aliphatic heterocycles. The number of esters is 1. The molecule has 0 spiro atoms. The number of nitrogens with zero attached hydrogens (tertiary/aromatic N) is 3. The summed E-state index contributed by atoms with van der Waals surface area (Å²) in [5.74, 6) is -0.396. The quantitative estimate of drug-likeness (QED) is 0.515. The first-order valence-corrected chi connectivity index (χ1v) is 8.97. The van der Waals surface area contributed by atoms with Gasteiger partial charge in [-0.2, -0.15) is 11.3 Å². The monoisotopic (exact) mass is 353 g/mol. The third-order valence-electron chi connectivity index (χ3n) is 3.38. The van der Waals surface area contributed by atoms with Crippen molar-refractivity contribution in [2.75, 3.05) is 0 Å². The Hall–Kier alpha value is -2.64. The molecule has 118 valence electrons. The van der Waals surface area contributed by atoms with Crippen molar-refractivity contribution in [2.45, 2.75) is 6.61 Å². The summed E-state index contributed by atoms with van der Waals surface area (Å²) >= 11 is 3.17. The molecular weight excluding hydrogens is 342 g/mol. The van der Waals surface area contributed by atoms with E-state index >= 15 is 0 Å². The lowest BCUT2D eigenvalue weighted by Crippen LogP contribution is -2.05. The molecule has 3 heterocycles. The van der Waals surface area contributed by atoms with Crippen LogP contribution < -0.4 is 0 Å². The van der Waals surface area contributed by atoms with Gasteiger partial charge in [0.1, 0.15) is 11.6 Å². The molecule has 1 aromatic carbocycles. The van der Waals surface area contributed by atoms with E-state index in [-0.39, 0.29) is 6.61 Å². The van der Waals surface area contributed by atoms with Crippen LogP contribution in [0.4, 0.5) is 0 Å². The zero-order chi connectivity index (χ0) is 16.4. The Kier molecular flexibility index (Phi) is 4.02. The van der Waals surface area contributed by atoms with Crippen molar-refractivity contribution >= 4 is 39.7 Å². The summed E-state index contributed by atoms with van der Waals surface area (Å²) in [6.07, 6.45) is 3.21. The number of carbonyl (C=O) groups is 1. The van der Waals surface area contributed by atoms with Gasteiger partial charge in [0, 0.05) is 28.7 Å². The highest BCUT2D eigenvalue weighted by Gasteiger charge is 2.11. The maximum atomic E-state index is 12.2. The van der Waals surface area contributed by atoms with Gasteiger partial charge in [0.05, 0.1) is 22.3 Å². The molecule has 0 amide bonds. The molecule has 3 aromatic heterocycles. The van der Waals surface area contributed by atoms with E-state index in [2.05, 4.69) is 15.0 Å². The Morgan fingerprint density at radius 3 is 2.79 bits per heavy atom. The van der Waals surface area contributed by atoms with Gasteiger partial charge in [-0.15, -0.1) is 11.3 Å². The number of benzene rings is 1. The largest absolute Gasteiger partial charge is 0.456 e. The standard InChI is InChI=1S/C17H11N3O2S2/c21-17(11-1-2-14-15(7-11)19-5-4-18-14)22-8-13-10-24-16(20-13)12-3-6-23-9-12/h1-7,9-10H,8H2. The first-order chi connectivity index (χ1) is 11.8. The number of rotatable bonds is 4. The highest BCUT2D eigenvalue weighted by molar-refractivity contribution is 7.14. The van der Waals surface area contributed by atoms with Crippen LogP contribution in [0, 0.1) is 0 Å². The van der Waals surface area contributed by atoms with Crippen LogP contribution >= 0.6 is 22.7 Å². The van der Waals surface area contributed by atoms with Gasteiger partial charge >= 0.3 is 5.97 Å². The lowest BCUT2D eigenvalue weighted by Gasteiger charge is -2.03. The topological polar surface area (TPSA) is 65.0 Å². The molecule has 0 saturated carbocycles. The molecule has 0 N–H and O–H groups in total. The van der Waals surface area contributed by atoms with Crippen molar-refractivity contribution in [2.24, 2.45) is 0 Å². The van der Waals surface area contributed by atoms with E-state index in [1.807, 2.05) is 22.2 Å². The van der Waals surface area contributed by atoms with Crippen molar-refractivity contribution in [3.8, 4) is 10.6 Å². The number of aromatic nitrogens is 3. The highest BCUT2D eigenvalue weighted by Crippen LogP contribution is 2.26. The predicted molar refractivity (Wildman–Crippen MR) is 94.1 cm³/mol. The van der Waals surface area contributed by atoms with Crippen LogP contribution in [-0.4, -0.2) is 20.9 Å². The van der Waals surface area contributed by atoms with Crippen LogP contribution in [0.2, 0.25) is 0 Å². The van der Waals surface area contributed by atoms with Gasteiger partial charge in [-0.05, 0) is 29.6 Å². The molecule has 0 aliphatic rings. The van der Waals surface area contributed by atoms with Crippen molar-refractivity contribution < 1.29 is 9.53 Å². The normalized spacial score (nSPS) is 10.8. The van der Waals surface area contributed by atoms with E-state index in [9.17, 15) is 4.79 Å². The van der Waals surface area contributed by atoms with Gasteiger partial charge in [0.2, 0.25) is 0 Å². The second kappa shape index (κ2) is 6.46. The lowest BCUT2D eigenvalue weighted by molar-refractivity contribution is 0.0468. The summed E-state index contributed by atoms with van der Waals surface area (Å²) in [6.45, 7) is 0.151. The van der Waals surface area contributed by atoms with Crippen LogP contribution in [0.5, 0.6) is 0 Å². The zero-order valence-corrected chi connectivity index (χ0v) is 14.0. The fourth-order valence-electron chi connectivity index (χ4n) is 2.21. The average molecular weight is 353 g/mol. The number of fused-ring (bicyclic) bond motifs is 1. The fraction of sp³-hybridized carbons (Fsp3) is 0.0588. The van der Waals surface area contributed by atoms with Gasteiger partial charge in [-0.1, -0.05) is 0 Å². The maximum absolute atomic E-state index is 12.2. The van der Waals surface area contributed by atoms with Gasteiger partial charge < -0.3 is 4.74 Å². The summed E-state index contributed by atoms with van der Waals surface area (Å²) in [4.78, 5) is 25.1. The van der Waals surface area contributed by atoms with Crippen molar-refractivity contribution in [3.05, 3.63) is 64.1 Å². The molecule has 0 radical (unpaired) electrons. The Labute approximate surface area is 145 Å². The second-order valence-electron chi connectivity index (χ2n) is 4.99. The SMILES string of the molecule is O=C(OCc1csc(-c2ccsc2)n1)c1ccc2nccnc2c1. The molecule has 24 heavy (non-hydrogen) atoms. The molecule has 0 bridgehead atoms. The Balaban J connectivity index is 1.46. The Morgan fingerprint density at radius 1 is 1.08 bits per heavy atom. The average Bonchev–Trinajstić information content (AvgIpc) is 3.30. The fourth-order valence-corrected chi connectivity index (χ4v) is 3.72. The molecule has 0 saturated heterocycles. The lowest BCUT2D eigenvalue weighted by atomic mass is 10.2. The van der Waals surface area contributed by atoms with E-state index in [0.717, 1.165) is 21.8 Å². The summed E-state index contributed by atoms with van der Waals surface area (Å²) in [5, 5.41) is 6.90. The molecule has 0 atom stereocenters. The second-order valence-corrected chi connectivity index (χ2v) is 6.63. The molecule has 0 aliphatic carbocycles. The number of ether oxygens (including phenoxy) is 1. The first kappa shape index (κ1) is 14.9. The minimum atomic E-state index is -0.396. The summed E-state index contributed by atoms with van der Waals surface area (Å²) in [7, 11) is 0. The number of hydrogen-bond acceptors (Lipinski definition) is 7. The van der Waals surface area contributed by atoms with E-state index in [4.69, 9.17) is 4.74 Å². The van der Waals surface area contributed by atoms with Gasteiger partial charge in [-0.25, -0.2) is 9.78 Å². The van der Waals surface area contributed by atoms with Crippen molar-refractivity contribution in [1.29, 1.82) is 0 Å². The van der Waals surface area contributed by atoms with Crippen LogP contribution in [0.15, 0.2) is 52.8 Å². The zero-order valence-electron chi connectivity index (χ0n) is 12.4. The molecule has 4 aromatic rings. The minimum absolute atomic E-state index is 0.151. The van der Waals surface area contributed by atoms with Gasteiger partial charge in [-0.3, -0.25) is 9.97 Å².